The van der Waals surface area contributed by atoms with Crippen LogP contribution in [-0.4, -0.2) is 33.7 Å². The van der Waals surface area contributed by atoms with Gasteiger partial charge >= 0.3 is 5.97 Å². The third kappa shape index (κ3) is 1.74. The summed E-state index contributed by atoms with van der Waals surface area (Å²) in [6.07, 6.45) is -1.18. The minimum Gasteiger partial charge on any atom is -0.479 e. The van der Waals surface area contributed by atoms with E-state index in [0.717, 1.165) is 0 Å². The van der Waals surface area contributed by atoms with E-state index in [-0.39, 0.29) is 17.9 Å². The van der Waals surface area contributed by atoms with E-state index in [1.165, 1.54) is 0 Å². The summed E-state index contributed by atoms with van der Waals surface area (Å²) in [6.45, 7) is 7.02. The molecule has 5 heteroatoms. The molecule has 0 saturated carbocycles. The molecule has 0 radical (unpaired) electrons. The van der Waals surface area contributed by atoms with Gasteiger partial charge in [-0.25, -0.2) is 4.79 Å². The maximum Gasteiger partial charge on any atom is 0.332 e. The highest BCUT2D eigenvalue weighted by Gasteiger charge is 2.54. The average Bonchev–Trinajstić information content (AvgIpc) is 2.31. The summed E-state index contributed by atoms with van der Waals surface area (Å²) in [7, 11) is 0. The Bertz CT molecular complexity index is 323. The van der Waals surface area contributed by atoms with E-state index in [0.29, 0.717) is 0 Å². The molecule has 0 aromatic rings. The normalized spacial score (nSPS) is 30.8. The van der Waals surface area contributed by atoms with E-state index in [4.69, 9.17) is 5.11 Å². The van der Waals surface area contributed by atoms with Crippen molar-refractivity contribution in [2.75, 3.05) is 0 Å². The number of rotatable bonds is 3. The first-order valence-corrected chi connectivity index (χ1v) is 4.74. The van der Waals surface area contributed by atoms with E-state index in [2.05, 4.69) is 11.9 Å². The lowest BCUT2D eigenvalue weighted by Gasteiger charge is -2.29. The summed E-state index contributed by atoms with van der Waals surface area (Å²) in [4.78, 5) is 22.4. The Balaban J connectivity index is 3.08. The number of carboxylic acid groups (broad SMARTS) is 1. The Morgan fingerprint density at radius 3 is 2.47 bits per heavy atom. The molecular formula is C10H15NO4. The number of hydrogen-bond acceptors (Lipinski definition) is 3. The first-order valence-electron chi connectivity index (χ1n) is 4.74. The second kappa shape index (κ2) is 3.66. The van der Waals surface area contributed by atoms with Crippen LogP contribution in [0.5, 0.6) is 0 Å². The molecule has 2 atom stereocenters. The summed E-state index contributed by atoms with van der Waals surface area (Å²) in [6, 6.07) is 0. The number of aliphatic hydroxyl groups is 1. The van der Waals surface area contributed by atoms with Crippen LogP contribution in [-0.2, 0) is 9.59 Å². The van der Waals surface area contributed by atoms with E-state index >= 15 is 0 Å². The van der Waals surface area contributed by atoms with E-state index in [1.54, 1.807) is 0 Å². The number of carbonyl (C=O) groups is 2. The van der Waals surface area contributed by atoms with Gasteiger partial charge in [0, 0.05) is 5.57 Å². The Labute approximate surface area is 87.8 Å². The molecule has 1 saturated heterocycles. The second-order valence-electron chi connectivity index (χ2n) is 4.26. The minimum atomic E-state index is -1.61. The minimum absolute atomic E-state index is 0.0435. The van der Waals surface area contributed by atoms with Crippen LogP contribution in [0.2, 0.25) is 0 Å². The van der Waals surface area contributed by atoms with Gasteiger partial charge in [0.1, 0.15) is 6.10 Å². The Kier molecular flexibility index (Phi) is 2.86. The first-order chi connectivity index (χ1) is 6.81. The summed E-state index contributed by atoms with van der Waals surface area (Å²) >= 11 is 0. The monoisotopic (exact) mass is 213 g/mol. The summed E-state index contributed by atoms with van der Waals surface area (Å²) in [5.41, 5.74) is -1.69. The number of carboxylic acids is 1. The Morgan fingerprint density at radius 2 is 2.20 bits per heavy atom. The molecule has 84 valence electrons. The van der Waals surface area contributed by atoms with Gasteiger partial charge in [0.2, 0.25) is 5.91 Å². The van der Waals surface area contributed by atoms with Crippen molar-refractivity contribution in [1.29, 1.82) is 0 Å². The lowest BCUT2D eigenvalue weighted by Crippen LogP contribution is -2.56. The van der Waals surface area contributed by atoms with Crippen LogP contribution in [0.1, 0.15) is 20.3 Å². The molecule has 1 aliphatic heterocycles. The summed E-state index contributed by atoms with van der Waals surface area (Å²) in [5.74, 6) is -1.77. The standard InChI is InChI=1S/C10H15NO4/c1-5(2)4-10(9(14)15)7(12)6(3)8(13)11-10/h5,7,12H,3-4H2,1-2H3,(H,11,13)(H,14,15)/t7-,10+/m0/s1. The lowest BCUT2D eigenvalue weighted by atomic mass is 9.84. The third-order valence-electron chi connectivity index (χ3n) is 2.54. The summed E-state index contributed by atoms with van der Waals surface area (Å²) < 4.78 is 0. The predicted molar refractivity (Wildman–Crippen MR) is 53.1 cm³/mol. The lowest BCUT2D eigenvalue weighted by molar-refractivity contribution is -0.149. The van der Waals surface area contributed by atoms with Gasteiger partial charge in [0.05, 0.1) is 0 Å². The maximum atomic E-state index is 11.3. The fourth-order valence-corrected chi connectivity index (χ4v) is 1.84. The third-order valence-corrected chi connectivity index (χ3v) is 2.54. The first kappa shape index (κ1) is 11.7. The highest BCUT2D eigenvalue weighted by atomic mass is 16.4. The van der Waals surface area contributed by atoms with Crippen molar-refractivity contribution in [3.63, 3.8) is 0 Å². The fourth-order valence-electron chi connectivity index (χ4n) is 1.84. The molecule has 0 spiro atoms. The smallest absolute Gasteiger partial charge is 0.332 e. The van der Waals surface area contributed by atoms with Crippen molar-refractivity contribution < 1.29 is 19.8 Å². The highest BCUT2D eigenvalue weighted by Crippen LogP contribution is 2.30. The van der Waals surface area contributed by atoms with Gasteiger partial charge in [-0.2, -0.15) is 0 Å². The number of aliphatic hydroxyl groups excluding tert-OH is 1. The maximum absolute atomic E-state index is 11.3. The zero-order valence-corrected chi connectivity index (χ0v) is 8.78. The van der Waals surface area contributed by atoms with Crippen LogP contribution >= 0.6 is 0 Å². The second-order valence-corrected chi connectivity index (χ2v) is 4.26. The SMILES string of the molecule is C=C1C(=O)N[C@@](CC(C)C)(C(=O)O)[C@H]1O. The molecule has 0 aromatic heterocycles. The Morgan fingerprint density at radius 1 is 1.67 bits per heavy atom. The van der Waals surface area contributed by atoms with Gasteiger partial charge in [-0.1, -0.05) is 20.4 Å². The predicted octanol–water partition coefficient (Wildman–Crippen LogP) is -0.0972. The van der Waals surface area contributed by atoms with Gasteiger partial charge in [0.15, 0.2) is 5.54 Å². The molecule has 3 N–H and O–H groups in total. The zero-order chi connectivity index (χ0) is 11.8. The summed E-state index contributed by atoms with van der Waals surface area (Å²) in [5, 5.41) is 21.1. The number of amides is 1. The van der Waals surface area contributed by atoms with E-state index < -0.39 is 23.5 Å². The average molecular weight is 213 g/mol. The van der Waals surface area contributed by atoms with Crippen LogP contribution in [0.3, 0.4) is 0 Å². The molecule has 15 heavy (non-hydrogen) atoms. The van der Waals surface area contributed by atoms with Crippen LogP contribution in [0.25, 0.3) is 0 Å². The van der Waals surface area contributed by atoms with E-state index in [9.17, 15) is 14.7 Å². The van der Waals surface area contributed by atoms with Crippen LogP contribution in [0.15, 0.2) is 12.2 Å². The number of aliphatic carboxylic acids is 1. The highest BCUT2D eigenvalue weighted by molar-refractivity contribution is 6.03. The van der Waals surface area contributed by atoms with Crippen molar-refractivity contribution in [3.8, 4) is 0 Å². The van der Waals surface area contributed by atoms with Crippen molar-refractivity contribution in [1.82, 2.24) is 5.32 Å². The molecule has 1 fully saturated rings. The van der Waals surface area contributed by atoms with Gasteiger partial charge in [0.25, 0.3) is 0 Å². The van der Waals surface area contributed by atoms with Gasteiger partial charge in [-0.15, -0.1) is 0 Å². The van der Waals surface area contributed by atoms with Crippen molar-refractivity contribution >= 4 is 11.9 Å². The number of carbonyl (C=O) groups excluding carboxylic acids is 1. The molecular weight excluding hydrogens is 198 g/mol. The van der Waals surface area contributed by atoms with Crippen LogP contribution in [0.4, 0.5) is 0 Å². The number of hydrogen-bond donors (Lipinski definition) is 3. The zero-order valence-electron chi connectivity index (χ0n) is 8.78. The molecule has 1 heterocycles. The largest absolute Gasteiger partial charge is 0.479 e. The molecule has 5 nitrogen and oxygen atoms in total. The molecule has 1 aliphatic rings. The molecule has 0 bridgehead atoms. The van der Waals surface area contributed by atoms with Gasteiger partial charge < -0.3 is 15.5 Å². The van der Waals surface area contributed by atoms with Crippen LogP contribution < -0.4 is 5.32 Å². The van der Waals surface area contributed by atoms with Gasteiger partial charge in [-0.05, 0) is 12.3 Å². The van der Waals surface area contributed by atoms with Crippen molar-refractivity contribution in [2.45, 2.75) is 31.9 Å². The fraction of sp³-hybridized carbons (Fsp3) is 0.600. The number of nitrogens with one attached hydrogen (secondary N) is 1. The topological polar surface area (TPSA) is 86.6 Å². The van der Waals surface area contributed by atoms with Crippen LogP contribution in [0, 0.1) is 5.92 Å². The van der Waals surface area contributed by atoms with Gasteiger partial charge in [-0.3, -0.25) is 4.79 Å². The van der Waals surface area contributed by atoms with Crippen molar-refractivity contribution in [2.24, 2.45) is 5.92 Å². The molecule has 1 rings (SSSR count). The quantitative estimate of drug-likeness (QED) is 0.571. The van der Waals surface area contributed by atoms with Crippen molar-refractivity contribution in [3.05, 3.63) is 12.2 Å². The molecule has 0 unspecified atom stereocenters. The molecule has 0 aliphatic carbocycles. The Hall–Kier alpha value is -1.36. The molecule has 0 aromatic carbocycles. The van der Waals surface area contributed by atoms with E-state index in [1.807, 2.05) is 13.8 Å². The molecule has 1 amide bonds.